The third kappa shape index (κ3) is 4.24. The van der Waals surface area contributed by atoms with E-state index >= 15 is 0 Å². The second-order valence-electron chi connectivity index (χ2n) is 11.7. The van der Waals surface area contributed by atoms with Crippen LogP contribution in [0.5, 0.6) is 0 Å². The topological polar surface area (TPSA) is 13.1 Å². The Morgan fingerprint density at radius 2 is 0.622 bits per heavy atom. The van der Waals surface area contributed by atoms with Gasteiger partial charge in [0.15, 0.2) is 0 Å². The van der Waals surface area contributed by atoms with Gasteiger partial charge in [0.2, 0.25) is 0 Å². The highest BCUT2D eigenvalue weighted by molar-refractivity contribution is 6.21. The van der Waals surface area contributed by atoms with Gasteiger partial charge in [-0.05, 0) is 84.3 Å². The second kappa shape index (κ2) is 10.4. The molecule has 0 atom stereocenters. The molecular weight excluding hydrogens is 544 g/mol. The molecule has 0 fully saturated rings. The van der Waals surface area contributed by atoms with Crippen LogP contribution in [0.15, 0.2) is 174 Å². The molecule has 0 aliphatic carbocycles. The van der Waals surface area contributed by atoms with Gasteiger partial charge < -0.3 is 4.42 Å². The minimum atomic E-state index is 0.919. The number of fused-ring (bicyclic) bond motifs is 5. The van der Waals surface area contributed by atoms with Crippen molar-refractivity contribution in [3.63, 3.8) is 0 Å². The lowest BCUT2D eigenvalue weighted by Gasteiger charge is -2.18. The third-order valence-electron chi connectivity index (χ3n) is 9.10. The summed E-state index contributed by atoms with van der Waals surface area (Å²) in [6, 6.07) is 61.0. The number of hydrogen-bond acceptors (Lipinski definition) is 1. The fraction of sp³-hybridized carbons (Fsp3) is 0. The van der Waals surface area contributed by atoms with E-state index in [4.69, 9.17) is 4.42 Å². The van der Waals surface area contributed by atoms with Crippen LogP contribution < -0.4 is 0 Å². The molecule has 0 aliphatic rings. The zero-order valence-electron chi connectivity index (χ0n) is 24.6. The van der Waals surface area contributed by atoms with E-state index in [9.17, 15) is 0 Å². The van der Waals surface area contributed by atoms with E-state index in [0.29, 0.717) is 0 Å². The largest absolute Gasteiger partial charge is 0.456 e. The van der Waals surface area contributed by atoms with Crippen molar-refractivity contribution < 1.29 is 4.42 Å². The van der Waals surface area contributed by atoms with E-state index in [1.54, 1.807) is 0 Å². The molecule has 0 saturated heterocycles. The van der Waals surface area contributed by atoms with Crippen molar-refractivity contribution in [2.24, 2.45) is 0 Å². The molecule has 9 aromatic rings. The number of rotatable bonds is 4. The van der Waals surface area contributed by atoms with Gasteiger partial charge in [0.1, 0.15) is 11.2 Å². The molecule has 0 spiro atoms. The zero-order valence-corrected chi connectivity index (χ0v) is 24.6. The monoisotopic (exact) mass is 572 g/mol. The van der Waals surface area contributed by atoms with Gasteiger partial charge in [0.05, 0.1) is 0 Å². The van der Waals surface area contributed by atoms with Crippen LogP contribution in [-0.4, -0.2) is 0 Å². The van der Waals surface area contributed by atoms with Gasteiger partial charge in [-0.1, -0.05) is 152 Å². The highest BCUT2D eigenvalue weighted by Gasteiger charge is 2.17. The molecule has 1 heterocycles. The summed E-state index contributed by atoms with van der Waals surface area (Å²) in [4.78, 5) is 0. The molecule has 0 bridgehead atoms. The van der Waals surface area contributed by atoms with E-state index in [1.807, 2.05) is 12.1 Å². The van der Waals surface area contributed by atoms with Crippen LogP contribution in [-0.2, 0) is 0 Å². The van der Waals surface area contributed by atoms with Crippen molar-refractivity contribution in [3.8, 4) is 44.5 Å². The molecule has 210 valence electrons. The summed E-state index contributed by atoms with van der Waals surface area (Å²) in [6.45, 7) is 0. The van der Waals surface area contributed by atoms with Gasteiger partial charge >= 0.3 is 0 Å². The summed E-state index contributed by atoms with van der Waals surface area (Å²) in [6.07, 6.45) is 0. The molecule has 0 amide bonds. The molecule has 0 radical (unpaired) electrons. The van der Waals surface area contributed by atoms with Crippen LogP contribution in [0.25, 0.3) is 88.0 Å². The Labute approximate surface area is 261 Å². The van der Waals surface area contributed by atoms with Crippen LogP contribution in [0, 0.1) is 0 Å². The van der Waals surface area contributed by atoms with Crippen molar-refractivity contribution in [2.45, 2.75) is 0 Å². The average Bonchev–Trinajstić information content (AvgIpc) is 3.49. The summed E-state index contributed by atoms with van der Waals surface area (Å²) in [5.74, 6) is 0. The predicted molar refractivity (Wildman–Crippen MR) is 190 cm³/mol. The molecule has 1 aromatic heterocycles. The van der Waals surface area contributed by atoms with Gasteiger partial charge in [0, 0.05) is 10.8 Å². The first-order valence-electron chi connectivity index (χ1n) is 15.4. The van der Waals surface area contributed by atoms with Gasteiger partial charge in [-0.15, -0.1) is 0 Å². The zero-order chi connectivity index (χ0) is 29.7. The normalized spacial score (nSPS) is 11.6. The Morgan fingerprint density at radius 3 is 1.18 bits per heavy atom. The van der Waals surface area contributed by atoms with Gasteiger partial charge in [0.25, 0.3) is 0 Å². The fourth-order valence-electron chi connectivity index (χ4n) is 6.95. The van der Waals surface area contributed by atoms with Crippen molar-refractivity contribution in [3.05, 3.63) is 170 Å². The van der Waals surface area contributed by atoms with Crippen molar-refractivity contribution >= 4 is 43.5 Å². The molecule has 8 aromatic carbocycles. The standard InChI is InChI=1S/C44H28O/c1-2-10-29(11-3-1)30-18-22-32(23-19-30)43-37-13-4-6-15-39(37)44(40-16-7-5-14-38(40)43)33-24-20-31(21-25-33)34-26-27-36-35-12-8-9-17-41(35)45-42(36)28-34/h1-28H. The molecule has 1 nitrogen and oxygen atoms in total. The predicted octanol–water partition coefficient (Wildman–Crippen LogP) is 12.6. The molecule has 0 aliphatic heterocycles. The second-order valence-corrected chi connectivity index (χ2v) is 11.7. The van der Waals surface area contributed by atoms with Crippen molar-refractivity contribution in [1.82, 2.24) is 0 Å². The molecule has 45 heavy (non-hydrogen) atoms. The van der Waals surface area contributed by atoms with E-state index in [-0.39, 0.29) is 0 Å². The molecule has 0 unspecified atom stereocenters. The summed E-state index contributed by atoms with van der Waals surface area (Å²) in [5.41, 5.74) is 11.6. The van der Waals surface area contributed by atoms with Crippen LogP contribution in [0.2, 0.25) is 0 Å². The summed E-state index contributed by atoms with van der Waals surface area (Å²) in [7, 11) is 0. The number of furan rings is 1. The molecule has 9 rings (SSSR count). The number of benzene rings is 8. The lowest BCUT2D eigenvalue weighted by Crippen LogP contribution is -1.91. The smallest absolute Gasteiger partial charge is 0.136 e. The minimum Gasteiger partial charge on any atom is -0.456 e. The summed E-state index contributed by atoms with van der Waals surface area (Å²) < 4.78 is 6.18. The summed E-state index contributed by atoms with van der Waals surface area (Å²) >= 11 is 0. The maximum absolute atomic E-state index is 6.18. The third-order valence-corrected chi connectivity index (χ3v) is 9.10. The van der Waals surface area contributed by atoms with Crippen molar-refractivity contribution in [2.75, 3.05) is 0 Å². The SMILES string of the molecule is c1ccc(-c2ccc(-c3c4ccccc4c(-c4ccc(-c5ccc6c(c5)oc5ccccc56)cc4)c4ccccc34)cc2)cc1. The van der Waals surface area contributed by atoms with E-state index in [2.05, 4.69) is 158 Å². The Balaban J connectivity index is 1.17. The highest BCUT2D eigenvalue weighted by Crippen LogP contribution is 2.44. The van der Waals surface area contributed by atoms with Gasteiger partial charge in [-0.25, -0.2) is 0 Å². The quantitative estimate of drug-likeness (QED) is 0.191. The first-order valence-corrected chi connectivity index (χ1v) is 15.4. The van der Waals surface area contributed by atoms with Crippen LogP contribution in [0.4, 0.5) is 0 Å². The molecule has 1 heteroatoms. The lowest BCUT2D eigenvalue weighted by molar-refractivity contribution is 0.669. The Hall–Kier alpha value is -5.92. The molecular formula is C44H28O. The van der Waals surface area contributed by atoms with Gasteiger partial charge in [-0.2, -0.15) is 0 Å². The van der Waals surface area contributed by atoms with Crippen molar-refractivity contribution in [1.29, 1.82) is 0 Å². The highest BCUT2D eigenvalue weighted by atomic mass is 16.3. The summed E-state index contributed by atoms with van der Waals surface area (Å²) in [5, 5.41) is 7.35. The Bertz CT molecular complexity index is 2440. The maximum atomic E-state index is 6.18. The Morgan fingerprint density at radius 1 is 0.244 bits per heavy atom. The Kier molecular flexibility index (Phi) is 5.89. The van der Waals surface area contributed by atoms with Crippen LogP contribution >= 0.6 is 0 Å². The molecule has 0 saturated carbocycles. The van der Waals surface area contributed by atoms with Gasteiger partial charge in [-0.3, -0.25) is 0 Å². The first-order chi connectivity index (χ1) is 22.3. The fourth-order valence-corrected chi connectivity index (χ4v) is 6.95. The van der Waals surface area contributed by atoms with Crippen LogP contribution in [0.1, 0.15) is 0 Å². The minimum absolute atomic E-state index is 0.919. The number of hydrogen-bond donors (Lipinski definition) is 0. The number of para-hydroxylation sites is 1. The van der Waals surface area contributed by atoms with E-state index in [0.717, 1.165) is 27.5 Å². The lowest BCUT2D eigenvalue weighted by atomic mass is 9.85. The first kappa shape index (κ1) is 25.6. The van der Waals surface area contributed by atoms with E-state index < -0.39 is 0 Å². The molecule has 0 N–H and O–H groups in total. The maximum Gasteiger partial charge on any atom is 0.136 e. The van der Waals surface area contributed by atoms with Crippen LogP contribution in [0.3, 0.4) is 0 Å². The average molecular weight is 573 g/mol. The van der Waals surface area contributed by atoms with E-state index in [1.165, 1.54) is 60.5 Å².